The average molecular weight is 496 g/mol. The Morgan fingerprint density at radius 2 is 1.89 bits per heavy atom. The summed E-state index contributed by atoms with van der Waals surface area (Å²) in [7, 11) is 0. The highest BCUT2D eigenvalue weighted by Gasteiger charge is 2.37. The quantitative estimate of drug-likeness (QED) is 0.626. The molecule has 0 radical (unpaired) electrons. The number of ether oxygens (including phenoxy) is 2. The second kappa shape index (κ2) is 10.6. The molecule has 1 fully saturated rings. The van der Waals surface area contributed by atoms with E-state index in [-0.39, 0.29) is 25.6 Å². The number of hydrogen-bond donors (Lipinski definition) is 1. The van der Waals surface area contributed by atoms with Gasteiger partial charge in [-0.2, -0.15) is 0 Å². The Balaban J connectivity index is 1.34. The standard InChI is InChI=1S/C27H33N3O6/c1-27(2,3)30(25(32)33)16-23-15-29(26(34)36-23)22-10-9-21-14-28(12-11-20(21)13-22)24(31)18-35-17-19-7-5-4-6-8-19/h4-10,13,23H,11-12,14-18H2,1-3H3,(H,32,33)/t23-/m1/s1. The van der Waals surface area contributed by atoms with Gasteiger partial charge in [0.1, 0.15) is 12.7 Å². The predicted molar refractivity (Wildman–Crippen MR) is 134 cm³/mol. The number of amides is 3. The molecule has 2 aliphatic heterocycles. The van der Waals surface area contributed by atoms with Crippen molar-refractivity contribution < 1.29 is 29.0 Å². The number of cyclic esters (lactones) is 1. The number of hydrogen-bond acceptors (Lipinski definition) is 5. The molecule has 9 heteroatoms. The van der Waals surface area contributed by atoms with Crippen LogP contribution >= 0.6 is 0 Å². The highest BCUT2D eigenvalue weighted by atomic mass is 16.6. The molecule has 0 saturated carbocycles. The van der Waals surface area contributed by atoms with Crippen LogP contribution in [0.4, 0.5) is 15.3 Å². The molecule has 1 N–H and O–H groups in total. The van der Waals surface area contributed by atoms with E-state index in [1.807, 2.05) is 69.3 Å². The fraction of sp³-hybridized carbons (Fsp3) is 0.444. The first-order valence-electron chi connectivity index (χ1n) is 12.1. The van der Waals surface area contributed by atoms with E-state index in [1.54, 1.807) is 9.80 Å². The molecular weight excluding hydrogens is 462 g/mol. The van der Waals surface area contributed by atoms with Crippen LogP contribution < -0.4 is 4.90 Å². The van der Waals surface area contributed by atoms with Crippen LogP contribution in [0.25, 0.3) is 0 Å². The molecule has 2 aliphatic rings. The van der Waals surface area contributed by atoms with Crippen LogP contribution in [0.3, 0.4) is 0 Å². The van der Waals surface area contributed by atoms with Gasteiger partial charge in [0, 0.05) is 24.3 Å². The van der Waals surface area contributed by atoms with Crippen molar-refractivity contribution in [2.75, 3.05) is 31.1 Å². The zero-order valence-corrected chi connectivity index (χ0v) is 21.0. The molecule has 1 saturated heterocycles. The van der Waals surface area contributed by atoms with Gasteiger partial charge in [-0.3, -0.25) is 14.6 Å². The summed E-state index contributed by atoms with van der Waals surface area (Å²) in [5, 5.41) is 9.55. The summed E-state index contributed by atoms with van der Waals surface area (Å²) >= 11 is 0. The van der Waals surface area contributed by atoms with E-state index in [2.05, 4.69) is 0 Å². The monoisotopic (exact) mass is 495 g/mol. The number of fused-ring (bicyclic) bond motifs is 1. The zero-order valence-electron chi connectivity index (χ0n) is 21.0. The van der Waals surface area contributed by atoms with Gasteiger partial charge in [-0.25, -0.2) is 9.59 Å². The van der Waals surface area contributed by atoms with E-state index in [0.29, 0.717) is 31.8 Å². The molecule has 3 amide bonds. The van der Waals surface area contributed by atoms with Crippen molar-refractivity contribution in [2.45, 2.75) is 52.0 Å². The van der Waals surface area contributed by atoms with Gasteiger partial charge in [0.25, 0.3) is 0 Å². The van der Waals surface area contributed by atoms with E-state index in [4.69, 9.17) is 9.47 Å². The molecule has 0 bridgehead atoms. The van der Waals surface area contributed by atoms with Gasteiger partial charge < -0.3 is 19.5 Å². The number of nitrogens with zero attached hydrogens (tertiary/aromatic N) is 3. The molecule has 192 valence electrons. The molecule has 9 nitrogen and oxygen atoms in total. The Morgan fingerprint density at radius 3 is 2.58 bits per heavy atom. The minimum Gasteiger partial charge on any atom is -0.465 e. The Morgan fingerprint density at radius 1 is 1.14 bits per heavy atom. The summed E-state index contributed by atoms with van der Waals surface area (Å²) in [4.78, 5) is 41.5. The van der Waals surface area contributed by atoms with Gasteiger partial charge in [0.05, 0.1) is 19.7 Å². The molecule has 0 aliphatic carbocycles. The largest absolute Gasteiger partial charge is 0.465 e. The smallest absolute Gasteiger partial charge is 0.414 e. The van der Waals surface area contributed by atoms with Crippen LogP contribution in [0.15, 0.2) is 48.5 Å². The summed E-state index contributed by atoms with van der Waals surface area (Å²) in [5.41, 5.74) is 3.26. The molecule has 4 rings (SSSR count). The SMILES string of the molecule is CC(C)(C)N(C[C@H]1CN(c2ccc3c(c2)CCN(C(=O)COCc2ccccc2)C3)C(=O)O1)C(=O)O. The Bertz CT molecular complexity index is 1110. The van der Waals surface area contributed by atoms with Crippen molar-refractivity contribution in [3.05, 3.63) is 65.2 Å². The topological polar surface area (TPSA) is 99.6 Å². The molecule has 0 aromatic heterocycles. The normalized spacial score (nSPS) is 17.5. The van der Waals surface area contributed by atoms with Gasteiger partial charge in [-0.05, 0) is 56.0 Å². The van der Waals surface area contributed by atoms with E-state index in [9.17, 15) is 19.5 Å². The third-order valence-corrected chi connectivity index (χ3v) is 6.50. The van der Waals surface area contributed by atoms with Crippen LogP contribution in [-0.4, -0.2) is 70.9 Å². The van der Waals surface area contributed by atoms with Gasteiger partial charge in [-0.1, -0.05) is 36.4 Å². The molecule has 36 heavy (non-hydrogen) atoms. The lowest BCUT2D eigenvalue weighted by molar-refractivity contribution is -0.137. The van der Waals surface area contributed by atoms with Crippen LogP contribution in [0.2, 0.25) is 0 Å². The maximum absolute atomic E-state index is 12.6. The molecule has 2 heterocycles. The number of anilines is 1. The van der Waals surface area contributed by atoms with Crippen molar-refractivity contribution >= 4 is 23.8 Å². The van der Waals surface area contributed by atoms with E-state index in [1.165, 1.54) is 4.90 Å². The maximum atomic E-state index is 12.6. The predicted octanol–water partition coefficient (Wildman–Crippen LogP) is 3.89. The van der Waals surface area contributed by atoms with Crippen molar-refractivity contribution in [2.24, 2.45) is 0 Å². The first kappa shape index (κ1) is 25.5. The van der Waals surface area contributed by atoms with Crippen LogP contribution in [-0.2, 0) is 33.8 Å². The lowest BCUT2D eigenvalue weighted by atomic mass is 9.98. The second-order valence-corrected chi connectivity index (χ2v) is 10.2. The highest BCUT2D eigenvalue weighted by molar-refractivity contribution is 5.90. The zero-order chi connectivity index (χ0) is 25.9. The highest BCUT2D eigenvalue weighted by Crippen LogP contribution is 2.28. The Kier molecular flexibility index (Phi) is 7.49. The number of benzene rings is 2. The fourth-order valence-electron chi connectivity index (χ4n) is 4.51. The molecular formula is C27H33N3O6. The third kappa shape index (κ3) is 5.96. The van der Waals surface area contributed by atoms with Crippen molar-refractivity contribution in [1.29, 1.82) is 0 Å². The summed E-state index contributed by atoms with van der Waals surface area (Å²) in [6.45, 7) is 7.31. The van der Waals surface area contributed by atoms with Gasteiger partial charge in [0.15, 0.2) is 0 Å². The minimum absolute atomic E-state index is 0.0330. The number of carbonyl (C=O) groups is 3. The van der Waals surface area contributed by atoms with Crippen LogP contribution in [0.5, 0.6) is 0 Å². The van der Waals surface area contributed by atoms with E-state index in [0.717, 1.165) is 16.7 Å². The van der Waals surface area contributed by atoms with E-state index < -0.39 is 23.8 Å². The van der Waals surface area contributed by atoms with Crippen molar-refractivity contribution in [1.82, 2.24) is 9.80 Å². The molecule has 2 aromatic rings. The molecule has 1 atom stereocenters. The summed E-state index contributed by atoms with van der Waals surface area (Å²) in [5.74, 6) is -0.0477. The van der Waals surface area contributed by atoms with Crippen LogP contribution in [0, 0.1) is 0 Å². The van der Waals surface area contributed by atoms with Crippen molar-refractivity contribution in [3.8, 4) is 0 Å². The number of rotatable bonds is 7. The lowest BCUT2D eigenvalue weighted by Gasteiger charge is -2.34. The second-order valence-electron chi connectivity index (χ2n) is 10.2. The minimum atomic E-state index is -1.05. The first-order valence-corrected chi connectivity index (χ1v) is 12.1. The average Bonchev–Trinajstić information content (AvgIpc) is 3.21. The number of carbonyl (C=O) groups excluding carboxylic acids is 2. The third-order valence-electron chi connectivity index (χ3n) is 6.50. The van der Waals surface area contributed by atoms with Gasteiger partial charge >= 0.3 is 12.2 Å². The molecule has 0 unspecified atom stereocenters. The van der Waals surface area contributed by atoms with Crippen molar-refractivity contribution in [3.63, 3.8) is 0 Å². The first-order chi connectivity index (χ1) is 17.1. The summed E-state index contributed by atoms with van der Waals surface area (Å²) in [6, 6.07) is 15.5. The van der Waals surface area contributed by atoms with Gasteiger partial charge in [0.2, 0.25) is 5.91 Å². The summed E-state index contributed by atoms with van der Waals surface area (Å²) in [6.07, 6.45) is -1.40. The molecule has 2 aromatic carbocycles. The number of carboxylic acid groups (broad SMARTS) is 1. The van der Waals surface area contributed by atoms with Gasteiger partial charge in [-0.15, -0.1) is 0 Å². The molecule has 0 spiro atoms. The lowest BCUT2D eigenvalue weighted by Crippen LogP contribution is -2.49. The fourth-order valence-corrected chi connectivity index (χ4v) is 4.51. The van der Waals surface area contributed by atoms with Crippen LogP contribution in [0.1, 0.15) is 37.5 Å². The Hall–Kier alpha value is -3.59. The maximum Gasteiger partial charge on any atom is 0.414 e. The summed E-state index contributed by atoms with van der Waals surface area (Å²) < 4.78 is 11.1. The van der Waals surface area contributed by atoms with E-state index >= 15 is 0 Å². The Labute approximate surface area is 211 Å².